The van der Waals surface area contributed by atoms with Crippen LogP contribution >= 0.6 is 11.8 Å². The Balaban J connectivity index is 1.38. The molecule has 0 saturated heterocycles. The lowest BCUT2D eigenvalue weighted by atomic mass is 10.1. The minimum atomic E-state index is -0.356. The molecule has 4 rings (SSSR count). The number of carbonyl (C=O) groups is 2. The Morgan fingerprint density at radius 2 is 1.50 bits per heavy atom. The van der Waals surface area contributed by atoms with Crippen molar-refractivity contribution < 1.29 is 14.0 Å². The summed E-state index contributed by atoms with van der Waals surface area (Å²) in [6.07, 6.45) is 1.46. The van der Waals surface area contributed by atoms with Crippen molar-refractivity contribution in [1.82, 2.24) is 5.32 Å². The molecule has 2 N–H and O–H groups in total. The second-order valence-corrected chi connectivity index (χ2v) is 8.25. The highest BCUT2D eigenvalue weighted by atomic mass is 32.2. The summed E-state index contributed by atoms with van der Waals surface area (Å²) in [5, 5.41) is 5.46. The highest BCUT2D eigenvalue weighted by Crippen LogP contribution is 2.35. The number of carbonyl (C=O) groups excluding carboxylic acids is 2. The highest BCUT2D eigenvalue weighted by Gasteiger charge is 2.21. The van der Waals surface area contributed by atoms with Crippen LogP contribution in [0, 0.1) is 0 Å². The lowest BCUT2D eigenvalue weighted by Gasteiger charge is -2.17. The van der Waals surface area contributed by atoms with Crippen molar-refractivity contribution in [2.45, 2.75) is 16.7 Å². The molecule has 1 unspecified atom stereocenters. The Kier molecular flexibility index (Phi) is 7.05. The van der Waals surface area contributed by atoms with Crippen LogP contribution in [0.2, 0.25) is 0 Å². The fourth-order valence-electron chi connectivity index (χ4n) is 3.12. The van der Waals surface area contributed by atoms with Gasteiger partial charge < -0.3 is 15.1 Å². The van der Waals surface area contributed by atoms with Gasteiger partial charge in [-0.15, -0.1) is 11.8 Å². The van der Waals surface area contributed by atoms with E-state index >= 15 is 0 Å². The second kappa shape index (κ2) is 10.5. The van der Waals surface area contributed by atoms with Gasteiger partial charge in [-0.2, -0.15) is 0 Å². The quantitative estimate of drug-likeness (QED) is 0.344. The van der Waals surface area contributed by atoms with Crippen LogP contribution in [0.4, 0.5) is 5.69 Å². The number of amides is 2. The Labute approximate surface area is 190 Å². The zero-order chi connectivity index (χ0) is 22.2. The van der Waals surface area contributed by atoms with Crippen LogP contribution in [0.25, 0.3) is 0 Å². The molecule has 0 aliphatic heterocycles. The number of rotatable bonds is 8. The third-order valence-electron chi connectivity index (χ3n) is 4.76. The molecule has 6 heteroatoms. The van der Waals surface area contributed by atoms with Crippen molar-refractivity contribution in [2.75, 3.05) is 5.32 Å². The minimum absolute atomic E-state index is 0.0553. The number of hydrogen-bond donors (Lipinski definition) is 2. The van der Waals surface area contributed by atoms with Gasteiger partial charge in [0.05, 0.1) is 6.26 Å². The first-order chi connectivity index (χ1) is 15.7. The van der Waals surface area contributed by atoms with Crippen molar-refractivity contribution in [3.05, 3.63) is 120 Å². The fourth-order valence-corrected chi connectivity index (χ4v) is 4.19. The van der Waals surface area contributed by atoms with Crippen molar-refractivity contribution in [3.63, 3.8) is 0 Å². The summed E-state index contributed by atoms with van der Waals surface area (Å²) in [7, 11) is 0. The molecule has 0 radical (unpaired) electrons. The molecule has 0 saturated carbocycles. The predicted octanol–water partition coefficient (Wildman–Crippen LogP) is 5.68. The molecule has 3 aromatic carbocycles. The van der Waals surface area contributed by atoms with Gasteiger partial charge in [-0.05, 0) is 47.5 Å². The van der Waals surface area contributed by atoms with E-state index in [-0.39, 0.29) is 22.8 Å². The van der Waals surface area contributed by atoms with Gasteiger partial charge >= 0.3 is 0 Å². The normalized spacial score (nSPS) is 11.5. The van der Waals surface area contributed by atoms with Crippen LogP contribution in [-0.2, 0) is 11.3 Å². The molecule has 2 amide bonds. The number of hydrogen-bond acceptors (Lipinski definition) is 4. The molecule has 160 valence electrons. The van der Waals surface area contributed by atoms with Crippen LogP contribution in [-0.4, -0.2) is 11.8 Å². The number of thioether (sulfide) groups is 1. The van der Waals surface area contributed by atoms with E-state index in [1.54, 1.807) is 24.3 Å². The molecular formula is C26H22N2O3S. The zero-order valence-corrected chi connectivity index (χ0v) is 18.0. The molecule has 1 aromatic heterocycles. The van der Waals surface area contributed by atoms with Gasteiger partial charge in [-0.3, -0.25) is 9.59 Å². The second-order valence-electron chi connectivity index (χ2n) is 7.07. The largest absolute Gasteiger partial charge is 0.459 e. The fraction of sp³-hybridized carbons (Fsp3) is 0.0769. The van der Waals surface area contributed by atoms with E-state index < -0.39 is 0 Å². The van der Waals surface area contributed by atoms with E-state index in [2.05, 4.69) is 10.6 Å². The molecule has 4 aromatic rings. The Morgan fingerprint density at radius 1 is 0.812 bits per heavy atom. The topological polar surface area (TPSA) is 71.3 Å². The van der Waals surface area contributed by atoms with Crippen LogP contribution < -0.4 is 10.6 Å². The molecule has 5 nitrogen and oxygen atoms in total. The first-order valence-electron chi connectivity index (χ1n) is 10.2. The maximum absolute atomic E-state index is 13.1. The monoisotopic (exact) mass is 442 g/mol. The van der Waals surface area contributed by atoms with Gasteiger partial charge in [0.2, 0.25) is 5.91 Å². The average molecular weight is 443 g/mol. The van der Waals surface area contributed by atoms with E-state index in [4.69, 9.17) is 4.42 Å². The average Bonchev–Trinajstić information content (AvgIpc) is 3.38. The summed E-state index contributed by atoms with van der Waals surface area (Å²) in [6, 6.07) is 30.3. The predicted molar refractivity (Wildman–Crippen MR) is 126 cm³/mol. The van der Waals surface area contributed by atoms with Crippen molar-refractivity contribution >= 4 is 29.3 Å². The SMILES string of the molecule is O=C(Nc1ccc(CNC(=O)C(Sc2ccccc2)c2ccccc2)cc1)c1ccco1. The summed E-state index contributed by atoms with van der Waals surface area (Å²) >= 11 is 1.52. The maximum atomic E-state index is 13.1. The third-order valence-corrected chi connectivity index (χ3v) is 6.03. The Hall–Kier alpha value is -3.77. The van der Waals surface area contributed by atoms with Gasteiger partial charge in [-0.25, -0.2) is 0 Å². The van der Waals surface area contributed by atoms with E-state index in [9.17, 15) is 9.59 Å². The number of benzene rings is 3. The summed E-state index contributed by atoms with van der Waals surface area (Å²) in [6.45, 7) is 0.393. The molecule has 0 bridgehead atoms. The first kappa shape index (κ1) is 21.5. The van der Waals surface area contributed by atoms with Crippen LogP contribution in [0.5, 0.6) is 0 Å². The molecule has 1 atom stereocenters. The molecule has 0 spiro atoms. The van der Waals surface area contributed by atoms with Gasteiger partial charge in [0, 0.05) is 17.1 Å². The summed E-state index contributed by atoms with van der Waals surface area (Å²) in [5.74, 6) is -0.107. The van der Waals surface area contributed by atoms with Gasteiger partial charge in [0.25, 0.3) is 5.91 Å². The van der Waals surface area contributed by atoms with E-state index in [1.165, 1.54) is 18.0 Å². The first-order valence-corrected chi connectivity index (χ1v) is 11.1. The van der Waals surface area contributed by atoms with Crippen molar-refractivity contribution in [3.8, 4) is 0 Å². The van der Waals surface area contributed by atoms with Crippen molar-refractivity contribution in [2.24, 2.45) is 0 Å². The molecule has 0 aliphatic rings. The van der Waals surface area contributed by atoms with E-state index in [0.29, 0.717) is 12.2 Å². The molecular weight excluding hydrogens is 420 g/mol. The summed E-state index contributed by atoms with van der Waals surface area (Å²) in [4.78, 5) is 26.2. The van der Waals surface area contributed by atoms with Crippen LogP contribution in [0.3, 0.4) is 0 Å². The molecule has 1 heterocycles. The Bertz CT molecular complexity index is 1140. The standard InChI is InChI=1S/C26H22N2O3S/c29-25(23-12-7-17-31-23)28-21-15-13-19(14-16-21)18-27-26(30)24(20-8-3-1-4-9-20)32-22-10-5-2-6-11-22/h1-17,24H,18H2,(H,27,30)(H,28,29). The molecule has 0 fully saturated rings. The number of nitrogens with one attached hydrogen (secondary N) is 2. The zero-order valence-electron chi connectivity index (χ0n) is 17.2. The van der Waals surface area contributed by atoms with E-state index in [0.717, 1.165) is 16.0 Å². The smallest absolute Gasteiger partial charge is 0.291 e. The van der Waals surface area contributed by atoms with Gasteiger partial charge in [0.1, 0.15) is 5.25 Å². The van der Waals surface area contributed by atoms with Crippen molar-refractivity contribution in [1.29, 1.82) is 0 Å². The van der Waals surface area contributed by atoms with Crippen LogP contribution in [0.15, 0.2) is 113 Å². The highest BCUT2D eigenvalue weighted by molar-refractivity contribution is 8.00. The lowest BCUT2D eigenvalue weighted by molar-refractivity contribution is -0.120. The molecule has 32 heavy (non-hydrogen) atoms. The summed E-state index contributed by atoms with van der Waals surface area (Å²) < 4.78 is 5.10. The summed E-state index contributed by atoms with van der Waals surface area (Å²) in [5.41, 5.74) is 2.55. The number of anilines is 1. The van der Waals surface area contributed by atoms with Crippen LogP contribution in [0.1, 0.15) is 26.9 Å². The minimum Gasteiger partial charge on any atom is -0.459 e. The number of furan rings is 1. The maximum Gasteiger partial charge on any atom is 0.291 e. The van der Waals surface area contributed by atoms with Gasteiger partial charge in [0.15, 0.2) is 5.76 Å². The third kappa shape index (κ3) is 5.68. The molecule has 0 aliphatic carbocycles. The Morgan fingerprint density at radius 3 is 2.16 bits per heavy atom. The van der Waals surface area contributed by atoms with Gasteiger partial charge in [-0.1, -0.05) is 60.7 Å². The van der Waals surface area contributed by atoms with E-state index in [1.807, 2.05) is 72.8 Å². The lowest BCUT2D eigenvalue weighted by Crippen LogP contribution is -2.27.